The summed E-state index contributed by atoms with van der Waals surface area (Å²) in [6, 6.07) is 5.72. The Bertz CT molecular complexity index is 328. The van der Waals surface area contributed by atoms with E-state index in [2.05, 4.69) is 15.0 Å². The number of aromatic amines is 1. The van der Waals surface area contributed by atoms with Gasteiger partial charge in [0.05, 0.1) is 6.20 Å². The van der Waals surface area contributed by atoms with Crippen LogP contribution in [0.1, 0.15) is 0 Å². The van der Waals surface area contributed by atoms with Gasteiger partial charge in [-0.3, -0.25) is 14.8 Å². The van der Waals surface area contributed by atoms with E-state index >= 15 is 0 Å². The number of hydrogen-bond donors (Lipinski definition) is 1. The molecule has 0 saturated heterocycles. The van der Waals surface area contributed by atoms with Crippen LogP contribution < -0.4 is 5.56 Å². The molecule has 4 nitrogen and oxygen atoms in total. The van der Waals surface area contributed by atoms with E-state index in [1.807, 2.05) is 18.2 Å². The highest BCUT2D eigenvalue weighted by Gasteiger charge is 1.70. The SMILES string of the molecule is O=c1cncc[nH]1.c1ccncc1. The summed E-state index contributed by atoms with van der Waals surface area (Å²) >= 11 is 0. The Labute approximate surface area is 75.3 Å². The third kappa shape index (κ3) is 4.47. The van der Waals surface area contributed by atoms with Gasteiger partial charge in [0.2, 0.25) is 0 Å². The third-order valence-corrected chi connectivity index (χ3v) is 1.14. The molecule has 0 atom stereocenters. The molecule has 4 heteroatoms. The maximum atomic E-state index is 10.2. The van der Waals surface area contributed by atoms with Crippen LogP contribution in [0.15, 0.2) is 54.0 Å². The highest BCUT2D eigenvalue weighted by Crippen LogP contribution is 1.73. The zero-order valence-electron chi connectivity index (χ0n) is 6.92. The van der Waals surface area contributed by atoms with Crippen molar-refractivity contribution in [2.45, 2.75) is 0 Å². The molecule has 0 aromatic carbocycles. The molecule has 2 aromatic rings. The zero-order valence-corrected chi connectivity index (χ0v) is 6.92. The second-order valence-electron chi connectivity index (χ2n) is 2.13. The van der Waals surface area contributed by atoms with E-state index in [1.54, 1.807) is 12.4 Å². The zero-order chi connectivity index (χ0) is 9.36. The Hall–Kier alpha value is -1.97. The number of nitrogens with one attached hydrogen (secondary N) is 1. The molecule has 13 heavy (non-hydrogen) atoms. The van der Waals surface area contributed by atoms with Gasteiger partial charge in [-0.2, -0.15) is 0 Å². The van der Waals surface area contributed by atoms with Gasteiger partial charge in [0.1, 0.15) is 0 Å². The molecule has 0 unspecified atom stereocenters. The summed E-state index contributed by atoms with van der Waals surface area (Å²) in [6.45, 7) is 0. The van der Waals surface area contributed by atoms with E-state index in [9.17, 15) is 4.79 Å². The minimum absolute atomic E-state index is 0.164. The standard InChI is InChI=1S/C5H5N.C4H4N2O/c1-2-4-6-5-3-1;7-4-3-5-1-2-6-4/h1-5H;1-3H,(H,6,7). The first-order chi connectivity index (χ1) is 6.39. The Kier molecular flexibility index (Phi) is 3.96. The molecule has 0 radical (unpaired) electrons. The van der Waals surface area contributed by atoms with Gasteiger partial charge in [0.25, 0.3) is 5.56 Å². The number of rotatable bonds is 0. The van der Waals surface area contributed by atoms with Gasteiger partial charge in [-0.05, 0) is 12.1 Å². The van der Waals surface area contributed by atoms with E-state index in [4.69, 9.17) is 0 Å². The fourth-order valence-corrected chi connectivity index (χ4v) is 0.623. The first kappa shape index (κ1) is 9.12. The molecular weight excluding hydrogens is 166 g/mol. The van der Waals surface area contributed by atoms with Gasteiger partial charge < -0.3 is 4.98 Å². The lowest BCUT2D eigenvalue weighted by Crippen LogP contribution is -2.01. The quantitative estimate of drug-likeness (QED) is 0.645. The smallest absolute Gasteiger partial charge is 0.266 e. The lowest BCUT2D eigenvalue weighted by molar-refractivity contribution is 1.14. The summed E-state index contributed by atoms with van der Waals surface area (Å²) in [4.78, 5) is 19.9. The second kappa shape index (κ2) is 5.65. The number of pyridine rings is 1. The van der Waals surface area contributed by atoms with E-state index in [-0.39, 0.29) is 5.56 Å². The lowest BCUT2D eigenvalue weighted by Gasteiger charge is -1.73. The van der Waals surface area contributed by atoms with Gasteiger partial charge in [0.15, 0.2) is 0 Å². The van der Waals surface area contributed by atoms with E-state index in [0.29, 0.717) is 0 Å². The maximum absolute atomic E-state index is 10.2. The molecule has 2 aromatic heterocycles. The van der Waals surface area contributed by atoms with Crippen molar-refractivity contribution >= 4 is 0 Å². The molecule has 2 heterocycles. The van der Waals surface area contributed by atoms with Crippen molar-refractivity contribution in [2.75, 3.05) is 0 Å². The molecule has 0 aliphatic carbocycles. The summed E-state index contributed by atoms with van der Waals surface area (Å²) in [6.07, 6.45) is 7.73. The number of nitrogens with zero attached hydrogens (tertiary/aromatic N) is 2. The molecule has 2 rings (SSSR count). The number of H-pyrrole nitrogens is 1. The van der Waals surface area contributed by atoms with Gasteiger partial charge in [-0.1, -0.05) is 6.07 Å². The summed E-state index contributed by atoms with van der Waals surface area (Å²) in [5.74, 6) is 0. The van der Waals surface area contributed by atoms with Crippen LogP contribution in [0.3, 0.4) is 0 Å². The minimum atomic E-state index is -0.164. The predicted octanol–water partition coefficient (Wildman–Crippen LogP) is 0.851. The summed E-state index contributed by atoms with van der Waals surface area (Å²) in [5, 5.41) is 0. The van der Waals surface area contributed by atoms with Crippen LogP contribution >= 0.6 is 0 Å². The first-order valence-electron chi connectivity index (χ1n) is 3.73. The van der Waals surface area contributed by atoms with E-state index < -0.39 is 0 Å². The second-order valence-corrected chi connectivity index (χ2v) is 2.13. The van der Waals surface area contributed by atoms with Gasteiger partial charge in [-0.15, -0.1) is 0 Å². The lowest BCUT2D eigenvalue weighted by atomic mass is 10.5. The average Bonchev–Trinajstić information content (AvgIpc) is 2.22. The molecule has 66 valence electrons. The van der Waals surface area contributed by atoms with Crippen LogP contribution in [0.4, 0.5) is 0 Å². The van der Waals surface area contributed by atoms with Gasteiger partial charge in [0, 0.05) is 24.8 Å². The first-order valence-corrected chi connectivity index (χ1v) is 3.73. The topological polar surface area (TPSA) is 58.6 Å². The monoisotopic (exact) mass is 175 g/mol. The molecule has 0 aliphatic heterocycles. The molecule has 0 saturated carbocycles. The largest absolute Gasteiger partial charge is 0.326 e. The molecule has 0 fully saturated rings. The van der Waals surface area contributed by atoms with Crippen molar-refractivity contribution in [2.24, 2.45) is 0 Å². The summed E-state index contributed by atoms with van der Waals surface area (Å²) in [7, 11) is 0. The fraction of sp³-hybridized carbons (Fsp3) is 0. The number of hydrogen-bond acceptors (Lipinski definition) is 3. The van der Waals surface area contributed by atoms with Crippen LogP contribution in [0.25, 0.3) is 0 Å². The Balaban J connectivity index is 0.000000132. The molecule has 0 amide bonds. The third-order valence-electron chi connectivity index (χ3n) is 1.14. The molecule has 0 bridgehead atoms. The molecular formula is C9H9N3O. The van der Waals surface area contributed by atoms with Crippen molar-refractivity contribution in [3.8, 4) is 0 Å². The average molecular weight is 175 g/mol. The van der Waals surface area contributed by atoms with Crippen LogP contribution in [-0.2, 0) is 0 Å². The number of aromatic nitrogens is 3. The van der Waals surface area contributed by atoms with Crippen LogP contribution in [-0.4, -0.2) is 15.0 Å². The highest BCUT2D eigenvalue weighted by atomic mass is 16.1. The Morgan fingerprint density at radius 3 is 2.00 bits per heavy atom. The Morgan fingerprint density at radius 2 is 1.77 bits per heavy atom. The highest BCUT2D eigenvalue weighted by molar-refractivity contribution is 4.88. The molecule has 0 spiro atoms. The van der Waals surface area contributed by atoms with Crippen LogP contribution in [0.2, 0.25) is 0 Å². The van der Waals surface area contributed by atoms with Crippen molar-refractivity contribution in [1.29, 1.82) is 0 Å². The normalized spacial score (nSPS) is 8.31. The molecule has 0 aliphatic rings. The summed E-state index contributed by atoms with van der Waals surface area (Å²) in [5.41, 5.74) is -0.164. The van der Waals surface area contributed by atoms with Crippen LogP contribution in [0, 0.1) is 0 Å². The summed E-state index contributed by atoms with van der Waals surface area (Å²) < 4.78 is 0. The van der Waals surface area contributed by atoms with Crippen molar-refractivity contribution in [3.05, 3.63) is 59.5 Å². The van der Waals surface area contributed by atoms with Crippen molar-refractivity contribution in [1.82, 2.24) is 15.0 Å². The Morgan fingerprint density at radius 1 is 1.00 bits per heavy atom. The van der Waals surface area contributed by atoms with Crippen molar-refractivity contribution < 1.29 is 0 Å². The molecule has 1 N–H and O–H groups in total. The van der Waals surface area contributed by atoms with E-state index in [0.717, 1.165) is 0 Å². The van der Waals surface area contributed by atoms with E-state index in [1.165, 1.54) is 18.6 Å². The van der Waals surface area contributed by atoms with Gasteiger partial charge in [-0.25, -0.2) is 0 Å². The van der Waals surface area contributed by atoms with Gasteiger partial charge >= 0.3 is 0 Å². The fourth-order valence-electron chi connectivity index (χ4n) is 0.623. The maximum Gasteiger partial charge on any atom is 0.266 e. The van der Waals surface area contributed by atoms with Crippen LogP contribution in [0.5, 0.6) is 0 Å². The predicted molar refractivity (Wildman–Crippen MR) is 49.1 cm³/mol. The van der Waals surface area contributed by atoms with Crippen molar-refractivity contribution in [3.63, 3.8) is 0 Å². The minimum Gasteiger partial charge on any atom is -0.326 e.